The lowest BCUT2D eigenvalue weighted by Crippen LogP contribution is -2.36. The van der Waals surface area contributed by atoms with Gasteiger partial charge in [-0.2, -0.15) is 0 Å². The zero-order valence-corrected chi connectivity index (χ0v) is 13.5. The van der Waals surface area contributed by atoms with Crippen molar-refractivity contribution in [1.82, 2.24) is 4.98 Å². The first-order chi connectivity index (χ1) is 11.0. The van der Waals surface area contributed by atoms with Crippen LogP contribution in [0.1, 0.15) is 26.7 Å². The standard InChI is InChI=1S/C18H22N2O3/c1-12(2)23-14-3-4-16-15(11-14)17(5-8-19-16)20-9-6-13(7-10-20)18(21)22/h3-5,8,11-13H,6-7,9-10H2,1-2H3,(H,21,22). The Hall–Kier alpha value is -2.30. The van der Waals surface area contributed by atoms with Crippen LogP contribution in [-0.4, -0.2) is 35.3 Å². The van der Waals surface area contributed by atoms with Crippen LogP contribution in [0.5, 0.6) is 5.75 Å². The number of nitrogens with zero attached hydrogens (tertiary/aromatic N) is 2. The zero-order chi connectivity index (χ0) is 16.4. The molecule has 1 aliphatic rings. The Bertz CT molecular complexity index is 706. The van der Waals surface area contributed by atoms with Gasteiger partial charge in [0.1, 0.15) is 5.75 Å². The first kappa shape index (κ1) is 15.6. The Morgan fingerprint density at radius 3 is 2.70 bits per heavy atom. The van der Waals surface area contributed by atoms with Gasteiger partial charge in [-0.25, -0.2) is 0 Å². The SMILES string of the molecule is CC(C)Oc1ccc2nccc(N3CCC(C(=O)O)CC3)c2c1. The predicted molar refractivity (Wildman–Crippen MR) is 90.1 cm³/mol. The lowest BCUT2D eigenvalue weighted by atomic mass is 9.96. The van der Waals surface area contributed by atoms with Gasteiger partial charge in [-0.3, -0.25) is 9.78 Å². The fraction of sp³-hybridized carbons (Fsp3) is 0.444. The summed E-state index contributed by atoms with van der Waals surface area (Å²) in [5, 5.41) is 10.2. The van der Waals surface area contributed by atoms with Gasteiger partial charge in [0.05, 0.1) is 17.5 Å². The van der Waals surface area contributed by atoms with Gasteiger partial charge in [-0.1, -0.05) is 0 Å². The third-order valence-corrected chi connectivity index (χ3v) is 4.25. The van der Waals surface area contributed by atoms with Crippen LogP contribution in [0.25, 0.3) is 10.9 Å². The first-order valence-electron chi connectivity index (χ1n) is 8.08. The Balaban J connectivity index is 1.89. The van der Waals surface area contributed by atoms with Crippen molar-refractivity contribution in [2.45, 2.75) is 32.8 Å². The number of piperidine rings is 1. The number of ether oxygens (including phenoxy) is 1. The number of rotatable bonds is 4. The van der Waals surface area contributed by atoms with E-state index in [0.717, 1.165) is 35.4 Å². The maximum absolute atomic E-state index is 11.1. The van der Waals surface area contributed by atoms with E-state index in [1.54, 1.807) is 0 Å². The zero-order valence-electron chi connectivity index (χ0n) is 13.5. The highest BCUT2D eigenvalue weighted by atomic mass is 16.5. The van der Waals surface area contributed by atoms with Gasteiger partial charge in [0.2, 0.25) is 0 Å². The molecule has 1 N–H and O–H groups in total. The quantitative estimate of drug-likeness (QED) is 0.938. The first-order valence-corrected chi connectivity index (χ1v) is 8.08. The van der Waals surface area contributed by atoms with Gasteiger partial charge >= 0.3 is 5.97 Å². The lowest BCUT2D eigenvalue weighted by molar-refractivity contribution is -0.142. The molecule has 1 fully saturated rings. The van der Waals surface area contributed by atoms with Crippen molar-refractivity contribution in [1.29, 1.82) is 0 Å². The van der Waals surface area contributed by atoms with Crippen molar-refractivity contribution in [2.24, 2.45) is 5.92 Å². The third-order valence-electron chi connectivity index (χ3n) is 4.25. The Morgan fingerprint density at radius 2 is 2.04 bits per heavy atom. The summed E-state index contributed by atoms with van der Waals surface area (Å²) < 4.78 is 5.79. The molecule has 23 heavy (non-hydrogen) atoms. The molecule has 2 aromatic rings. The number of benzene rings is 1. The van der Waals surface area contributed by atoms with Crippen LogP contribution in [-0.2, 0) is 4.79 Å². The van der Waals surface area contributed by atoms with Gasteiger partial charge in [0.25, 0.3) is 0 Å². The van der Waals surface area contributed by atoms with Gasteiger partial charge in [0, 0.05) is 30.4 Å². The number of anilines is 1. The van der Waals surface area contributed by atoms with Gasteiger partial charge < -0.3 is 14.7 Å². The molecule has 0 saturated carbocycles. The monoisotopic (exact) mass is 314 g/mol. The molecule has 1 aliphatic heterocycles. The molecule has 3 rings (SSSR count). The van der Waals surface area contributed by atoms with Crippen molar-refractivity contribution < 1.29 is 14.6 Å². The summed E-state index contributed by atoms with van der Waals surface area (Å²) in [6.45, 7) is 5.52. The maximum Gasteiger partial charge on any atom is 0.306 e. The van der Waals surface area contributed by atoms with Gasteiger partial charge in [-0.05, 0) is 51.0 Å². The molecule has 0 unspecified atom stereocenters. The average molecular weight is 314 g/mol. The fourth-order valence-electron chi connectivity index (χ4n) is 3.10. The maximum atomic E-state index is 11.1. The van der Waals surface area contributed by atoms with E-state index in [1.807, 2.05) is 44.3 Å². The van der Waals surface area contributed by atoms with Crippen molar-refractivity contribution in [3.05, 3.63) is 30.5 Å². The Labute approximate surface area is 135 Å². The van der Waals surface area contributed by atoms with E-state index in [1.165, 1.54) is 0 Å². The second-order valence-electron chi connectivity index (χ2n) is 6.28. The number of hydrogen-bond donors (Lipinski definition) is 1. The van der Waals surface area contributed by atoms with Crippen molar-refractivity contribution in [3.63, 3.8) is 0 Å². The molecule has 0 aliphatic carbocycles. The molecule has 0 atom stereocenters. The molecule has 0 bridgehead atoms. The summed E-state index contributed by atoms with van der Waals surface area (Å²) in [4.78, 5) is 17.8. The van der Waals surface area contributed by atoms with Crippen LogP contribution < -0.4 is 9.64 Å². The molecule has 5 nitrogen and oxygen atoms in total. The molecule has 1 aromatic heterocycles. The molecule has 0 amide bonds. The van der Waals surface area contributed by atoms with Crippen molar-refractivity contribution in [3.8, 4) is 5.75 Å². The molecule has 5 heteroatoms. The van der Waals surface area contributed by atoms with E-state index in [9.17, 15) is 4.79 Å². The highest BCUT2D eigenvalue weighted by Gasteiger charge is 2.25. The van der Waals surface area contributed by atoms with E-state index < -0.39 is 5.97 Å². The van der Waals surface area contributed by atoms with Crippen LogP contribution >= 0.6 is 0 Å². The molecule has 0 spiro atoms. The summed E-state index contributed by atoms with van der Waals surface area (Å²) in [5.41, 5.74) is 2.03. The van der Waals surface area contributed by atoms with Crippen molar-refractivity contribution in [2.75, 3.05) is 18.0 Å². The number of fused-ring (bicyclic) bond motifs is 1. The van der Waals surface area contributed by atoms with Crippen LogP contribution in [0.15, 0.2) is 30.5 Å². The molecular weight excluding hydrogens is 292 g/mol. The van der Waals surface area contributed by atoms with Gasteiger partial charge in [0.15, 0.2) is 0 Å². The molecule has 1 aromatic carbocycles. The number of aromatic nitrogens is 1. The van der Waals surface area contributed by atoms with Crippen LogP contribution in [0.4, 0.5) is 5.69 Å². The minimum absolute atomic E-state index is 0.124. The normalized spacial score (nSPS) is 16.0. The van der Waals surface area contributed by atoms with E-state index in [-0.39, 0.29) is 12.0 Å². The van der Waals surface area contributed by atoms with Gasteiger partial charge in [-0.15, -0.1) is 0 Å². The number of hydrogen-bond acceptors (Lipinski definition) is 4. The molecule has 2 heterocycles. The summed E-state index contributed by atoms with van der Waals surface area (Å²) in [6, 6.07) is 7.94. The fourth-order valence-corrected chi connectivity index (χ4v) is 3.10. The van der Waals surface area contributed by atoms with E-state index in [4.69, 9.17) is 9.84 Å². The third kappa shape index (κ3) is 3.38. The number of aliphatic carboxylic acids is 1. The number of pyridine rings is 1. The molecular formula is C18H22N2O3. The number of carbonyl (C=O) groups is 1. The minimum atomic E-state index is -0.683. The lowest BCUT2D eigenvalue weighted by Gasteiger charge is -2.32. The second-order valence-corrected chi connectivity index (χ2v) is 6.28. The second kappa shape index (κ2) is 6.44. The predicted octanol–water partition coefficient (Wildman–Crippen LogP) is 3.32. The van der Waals surface area contributed by atoms with E-state index >= 15 is 0 Å². The van der Waals surface area contributed by atoms with Crippen LogP contribution in [0, 0.1) is 5.92 Å². The summed E-state index contributed by atoms with van der Waals surface area (Å²) in [5.74, 6) is -0.0711. The summed E-state index contributed by atoms with van der Waals surface area (Å²) >= 11 is 0. The molecule has 0 radical (unpaired) electrons. The van der Waals surface area contributed by atoms with E-state index in [2.05, 4.69) is 9.88 Å². The average Bonchev–Trinajstić information content (AvgIpc) is 2.54. The smallest absolute Gasteiger partial charge is 0.306 e. The Kier molecular flexibility index (Phi) is 4.37. The largest absolute Gasteiger partial charge is 0.491 e. The Morgan fingerprint density at radius 1 is 1.30 bits per heavy atom. The topological polar surface area (TPSA) is 62.7 Å². The van der Waals surface area contributed by atoms with Crippen molar-refractivity contribution >= 4 is 22.6 Å². The number of carboxylic acids is 1. The highest BCUT2D eigenvalue weighted by Crippen LogP contribution is 2.31. The van der Waals surface area contributed by atoms with E-state index in [0.29, 0.717) is 12.8 Å². The minimum Gasteiger partial charge on any atom is -0.491 e. The molecule has 122 valence electrons. The van der Waals surface area contributed by atoms with Crippen LogP contribution in [0.2, 0.25) is 0 Å². The number of carboxylic acid groups (broad SMARTS) is 1. The summed E-state index contributed by atoms with van der Waals surface area (Å²) in [7, 11) is 0. The highest BCUT2D eigenvalue weighted by molar-refractivity contribution is 5.92. The van der Waals surface area contributed by atoms with Crippen LogP contribution in [0.3, 0.4) is 0 Å². The molecule has 1 saturated heterocycles. The summed E-state index contributed by atoms with van der Waals surface area (Å²) in [6.07, 6.45) is 3.30.